The fraction of sp³-hybridized carbons (Fsp3) is 0.409. The third-order valence-corrected chi connectivity index (χ3v) is 5.24. The van der Waals surface area contributed by atoms with Gasteiger partial charge in [-0.3, -0.25) is 4.79 Å². The van der Waals surface area contributed by atoms with E-state index in [1.54, 1.807) is 21.7 Å². The Morgan fingerprint density at radius 2 is 1.90 bits per heavy atom. The number of amides is 1. The van der Waals surface area contributed by atoms with E-state index < -0.39 is 5.97 Å². The molecule has 0 radical (unpaired) electrons. The summed E-state index contributed by atoms with van der Waals surface area (Å²) in [7, 11) is 2.69. The maximum Gasteiger partial charge on any atom is 0.409 e. The molecule has 1 aliphatic rings. The minimum atomic E-state index is -0.479. The van der Waals surface area contributed by atoms with Gasteiger partial charge in [-0.15, -0.1) is 0 Å². The average molecular weight is 398 g/mol. The first-order valence-corrected chi connectivity index (χ1v) is 9.70. The van der Waals surface area contributed by atoms with E-state index in [0.29, 0.717) is 37.2 Å². The molecule has 1 aromatic heterocycles. The van der Waals surface area contributed by atoms with Crippen molar-refractivity contribution in [2.24, 2.45) is 5.92 Å². The SMILES string of the molecule is COC(=O)c1cc(CC2CCCN(C(=O)OC)C2)c(=O)n(Cc2ccccc2)c1. The van der Waals surface area contributed by atoms with Gasteiger partial charge < -0.3 is 18.9 Å². The van der Waals surface area contributed by atoms with Gasteiger partial charge in [-0.2, -0.15) is 0 Å². The van der Waals surface area contributed by atoms with Gasteiger partial charge in [0.25, 0.3) is 5.56 Å². The van der Waals surface area contributed by atoms with E-state index in [0.717, 1.165) is 18.4 Å². The summed E-state index contributed by atoms with van der Waals surface area (Å²) in [5, 5.41) is 0. The van der Waals surface area contributed by atoms with Gasteiger partial charge in [-0.1, -0.05) is 30.3 Å². The quantitative estimate of drug-likeness (QED) is 0.724. The number of hydrogen-bond donors (Lipinski definition) is 0. The molecule has 2 aromatic rings. The van der Waals surface area contributed by atoms with Crippen LogP contribution in [0.15, 0.2) is 47.4 Å². The average Bonchev–Trinajstić information content (AvgIpc) is 2.76. The van der Waals surface area contributed by atoms with E-state index in [1.165, 1.54) is 14.2 Å². The number of ether oxygens (including phenoxy) is 2. The normalized spacial score (nSPS) is 16.3. The van der Waals surface area contributed by atoms with Crippen LogP contribution in [0.1, 0.15) is 34.3 Å². The molecule has 0 aliphatic carbocycles. The zero-order valence-corrected chi connectivity index (χ0v) is 16.8. The number of hydrogen-bond acceptors (Lipinski definition) is 5. The molecule has 1 fully saturated rings. The van der Waals surface area contributed by atoms with E-state index in [9.17, 15) is 14.4 Å². The number of carbonyl (C=O) groups excluding carboxylic acids is 2. The van der Waals surface area contributed by atoms with Crippen molar-refractivity contribution < 1.29 is 19.1 Å². The van der Waals surface area contributed by atoms with Crippen LogP contribution in [0.4, 0.5) is 4.79 Å². The Balaban J connectivity index is 1.88. The van der Waals surface area contributed by atoms with Gasteiger partial charge in [-0.25, -0.2) is 9.59 Å². The van der Waals surface area contributed by atoms with E-state index in [4.69, 9.17) is 9.47 Å². The Kier molecular flexibility index (Phi) is 6.69. The first-order chi connectivity index (χ1) is 14.0. The maximum atomic E-state index is 13.1. The van der Waals surface area contributed by atoms with E-state index >= 15 is 0 Å². The molecule has 0 N–H and O–H groups in total. The molecule has 2 heterocycles. The summed E-state index contributed by atoms with van der Waals surface area (Å²) in [4.78, 5) is 38.7. The predicted octanol–water partition coefficient (Wildman–Crippen LogP) is 2.70. The minimum Gasteiger partial charge on any atom is -0.465 e. The summed E-state index contributed by atoms with van der Waals surface area (Å²) in [6, 6.07) is 11.2. The Morgan fingerprint density at radius 3 is 2.59 bits per heavy atom. The summed E-state index contributed by atoms with van der Waals surface area (Å²) in [6.45, 7) is 1.56. The van der Waals surface area contributed by atoms with Crippen molar-refractivity contribution >= 4 is 12.1 Å². The number of rotatable bonds is 5. The Labute approximate surface area is 169 Å². The van der Waals surface area contributed by atoms with Crippen LogP contribution in [0, 0.1) is 5.92 Å². The number of pyridine rings is 1. The third kappa shape index (κ3) is 5.04. The molecule has 0 bridgehead atoms. The highest BCUT2D eigenvalue weighted by atomic mass is 16.5. The molecule has 0 saturated carbocycles. The molecular formula is C22H26N2O5. The number of aromatic nitrogens is 1. The Morgan fingerprint density at radius 1 is 1.14 bits per heavy atom. The van der Waals surface area contributed by atoms with Crippen LogP contribution in [0.5, 0.6) is 0 Å². The molecule has 1 aliphatic heterocycles. The van der Waals surface area contributed by atoms with Crippen molar-refractivity contribution in [3.63, 3.8) is 0 Å². The van der Waals surface area contributed by atoms with Gasteiger partial charge in [0.15, 0.2) is 0 Å². The zero-order chi connectivity index (χ0) is 20.8. The standard InChI is InChI=1S/C22H26N2O5/c1-28-21(26)19-12-18(11-17-9-6-10-23(14-17)22(27)29-2)20(25)24(15-19)13-16-7-4-3-5-8-16/h3-5,7-8,12,15,17H,6,9-11,13-14H2,1-2H3. The largest absolute Gasteiger partial charge is 0.465 e. The highest BCUT2D eigenvalue weighted by Crippen LogP contribution is 2.21. The number of piperidine rings is 1. The Bertz CT molecular complexity index is 923. The first-order valence-electron chi connectivity index (χ1n) is 9.70. The number of likely N-dealkylation sites (tertiary alicyclic amines) is 1. The van der Waals surface area contributed by atoms with E-state index in [1.807, 2.05) is 30.3 Å². The van der Waals surface area contributed by atoms with E-state index in [-0.39, 0.29) is 17.6 Å². The molecule has 29 heavy (non-hydrogen) atoms. The summed E-state index contributed by atoms with van der Waals surface area (Å²) in [6.07, 6.45) is 3.46. The molecule has 1 aromatic carbocycles. The molecule has 7 heteroatoms. The number of benzene rings is 1. The van der Waals surface area contributed by atoms with Crippen LogP contribution in [-0.2, 0) is 22.4 Å². The predicted molar refractivity (Wildman–Crippen MR) is 108 cm³/mol. The topological polar surface area (TPSA) is 77.8 Å². The van der Waals surface area contributed by atoms with Crippen molar-refractivity contribution in [1.29, 1.82) is 0 Å². The van der Waals surface area contributed by atoms with Crippen molar-refractivity contribution in [1.82, 2.24) is 9.47 Å². The maximum absolute atomic E-state index is 13.1. The van der Waals surface area contributed by atoms with E-state index in [2.05, 4.69) is 0 Å². The molecule has 1 amide bonds. The fourth-order valence-electron chi connectivity index (χ4n) is 3.81. The molecule has 154 valence electrons. The molecule has 1 saturated heterocycles. The van der Waals surface area contributed by atoms with Crippen molar-refractivity contribution in [2.75, 3.05) is 27.3 Å². The molecular weight excluding hydrogens is 372 g/mol. The molecule has 1 unspecified atom stereocenters. The monoisotopic (exact) mass is 398 g/mol. The fourth-order valence-corrected chi connectivity index (χ4v) is 3.81. The lowest BCUT2D eigenvalue weighted by Gasteiger charge is -2.31. The highest BCUT2D eigenvalue weighted by molar-refractivity contribution is 5.89. The van der Waals surface area contributed by atoms with Crippen LogP contribution in [0.3, 0.4) is 0 Å². The summed E-state index contributed by atoms with van der Waals surface area (Å²) < 4.78 is 11.2. The lowest BCUT2D eigenvalue weighted by molar-refractivity contribution is 0.0599. The number of methoxy groups -OCH3 is 2. The van der Waals surface area contributed by atoms with Crippen LogP contribution in [0.25, 0.3) is 0 Å². The second-order valence-corrected chi connectivity index (χ2v) is 7.29. The lowest BCUT2D eigenvalue weighted by Crippen LogP contribution is -2.41. The van der Waals surface area contributed by atoms with Crippen molar-refractivity contribution in [3.05, 3.63) is 69.6 Å². The van der Waals surface area contributed by atoms with Gasteiger partial charge >= 0.3 is 12.1 Å². The van der Waals surface area contributed by atoms with Crippen molar-refractivity contribution in [3.8, 4) is 0 Å². The molecule has 3 rings (SSSR count). The van der Waals surface area contributed by atoms with Crippen LogP contribution >= 0.6 is 0 Å². The second kappa shape index (κ2) is 9.41. The minimum absolute atomic E-state index is 0.128. The van der Waals surface area contributed by atoms with Crippen LogP contribution in [-0.4, -0.2) is 48.8 Å². The second-order valence-electron chi connectivity index (χ2n) is 7.29. The van der Waals surface area contributed by atoms with Gasteiger partial charge in [0.1, 0.15) is 0 Å². The highest BCUT2D eigenvalue weighted by Gasteiger charge is 2.25. The van der Waals surface area contributed by atoms with Gasteiger partial charge in [0, 0.05) is 24.8 Å². The zero-order valence-electron chi connectivity index (χ0n) is 16.8. The number of esters is 1. The van der Waals surface area contributed by atoms with Gasteiger partial charge in [0.05, 0.1) is 26.3 Å². The van der Waals surface area contributed by atoms with Gasteiger partial charge in [-0.05, 0) is 36.8 Å². The lowest BCUT2D eigenvalue weighted by atomic mass is 9.91. The molecule has 1 atom stereocenters. The molecule has 0 spiro atoms. The first kappa shape index (κ1) is 20.6. The van der Waals surface area contributed by atoms with Crippen molar-refractivity contribution in [2.45, 2.75) is 25.8 Å². The summed E-state index contributed by atoms with van der Waals surface area (Å²) in [5.74, 6) is -0.346. The van der Waals surface area contributed by atoms with Gasteiger partial charge in [0.2, 0.25) is 0 Å². The summed E-state index contributed by atoms with van der Waals surface area (Å²) >= 11 is 0. The Hall–Kier alpha value is -3.09. The smallest absolute Gasteiger partial charge is 0.409 e. The summed E-state index contributed by atoms with van der Waals surface area (Å²) in [5.41, 5.74) is 1.74. The third-order valence-electron chi connectivity index (χ3n) is 5.24. The van der Waals surface area contributed by atoms with Crippen LogP contribution < -0.4 is 5.56 Å². The molecule has 7 nitrogen and oxygen atoms in total. The van der Waals surface area contributed by atoms with Crippen LogP contribution in [0.2, 0.25) is 0 Å². The number of carbonyl (C=O) groups is 2. The number of nitrogens with zero attached hydrogens (tertiary/aromatic N) is 2.